The van der Waals surface area contributed by atoms with Gasteiger partial charge in [0.25, 0.3) is 0 Å². The van der Waals surface area contributed by atoms with Gasteiger partial charge in [-0.05, 0) is 0 Å². The Kier molecular flexibility index (Phi) is 40.6. The van der Waals surface area contributed by atoms with Crippen LogP contribution in [0.25, 0.3) is 0 Å². The van der Waals surface area contributed by atoms with Gasteiger partial charge in [0.1, 0.15) is 89.6 Å². The van der Waals surface area contributed by atoms with Crippen molar-refractivity contribution in [2.24, 2.45) is 61.9 Å². The SMILES string of the molecule is N#CC1=C(C#N)SC2=N\O[B-]3(F)O/N=C(c4ccccc4)/C(c4ccccc4)=N/O[B-](F)(O\N=C\2S1)O/N=C(c1ccccc1)/C(c1ccccc1)=N/O3.N#CC1=C(C#N)SC2=N\O[B-]3(F)O/N=C(c4ccccc4)/C(c4ccccc4)=N/O[B-](F)(O\N=C\2S1)O/N=C(c1ccccc1)/C(c1ccccc1)=N/O3.[Fe+2].[Fe+2].c1ccccc1.c1ccccc1.c1ccccc1.c1ccccc1.c1ccccc1. The topological polar surface area (TPSA) is 354 Å². The molecule has 140 heavy (non-hydrogen) atoms. The molecule has 0 saturated heterocycles. The second-order valence-corrected chi connectivity index (χ2v) is 31.5. The first kappa shape index (κ1) is 104. The molecule has 0 radical (unpaired) electrons. The van der Waals surface area contributed by atoms with Gasteiger partial charge < -0.3 is 74.3 Å². The fourth-order valence-corrected chi connectivity index (χ4v) is 14.8. The smallest absolute Gasteiger partial charge is 0.509 e. The van der Waals surface area contributed by atoms with Crippen LogP contribution in [0.15, 0.2) is 506 Å². The van der Waals surface area contributed by atoms with Crippen molar-refractivity contribution in [2.75, 3.05) is 0 Å². The van der Waals surface area contributed by atoms with E-state index in [0.717, 1.165) is 0 Å². The molecule has 0 N–H and O–H groups in total. The van der Waals surface area contributed by atoms with E-state index in [0.29, 0.717) is 91.6 Å². The van der Waals surface area contributed by atoms with Crippen molar-refractivity contribution in [1.29, 1.82) is 21.0 Å². The molecule has 8 aliphatic rings. The first-order chi connectivity index (χ1) is 67.7. The van der Waals surface area contributed by atoms with Crippen LogP contribution in [0.2, 0.25) is 0 Å². The summed E-state index contributed by atoms with van der Waals surface area (Å²) < 4.78 is 133. The molecule has 13 aromatic rings. The zero-order valence-corrected chi connectivity index (χ0v) is 78.1. The molecule has 28 nitrogen and oxygen atoms in total. The Morgan fingerprint density at radius 2 is 0.257 bits per heavy atom. The largest absolute Gasteiger partial charge is 2.00 e. The van der Waals surface area contributed by atoms with E-state index >= 15 is 17.3 Å². The molecular formula is C98H70B4F4Fe2N16O12S4. The van der Waals surface area contributed by atoms with Crippen LogP contribution in [-0.4, -0.2) is 94.0 Å². The summed E-state index contributed by atoms with van der Waals surface area (Å²) in [5.74, 6) is 0. The van der Waals surface area contributed by atoms with Crippen molar-refractivity contribution in [3.8, 4) is 24.3 Å². The van der Waals surface area contributed by atoms with Gasteiger partial charge in [-0.3, -0.25) is 0 Å². The summed E-state index contributed by atoms with van der Waals surface area (Å²) in [5, 5.41) is 85.0. The van der Waals surface area contributed by atoms with Crippen LogP contribution in [0.5, 0.6) is 0 Å². The van der Waals surface area contributed by atoms with E-state index in [9.17, 15) is 21.0 Å². The molecule has 0 spiro atoms. The van der Waals surface area contributed by atoms with E-state index in [1.807, 2.05) is 206 Å². The van der Waals surface area contributed by atoms with Crippen molar-refractivity contribution in [2.45, 2.75) is 0 Å². The number of nitrogens with zero attached hydrogens (tertiary/aromatic N) is 16. The van der Waals surface area contributed by atoms with Gasteiger partial charge in [-0.25, -0.2) is 0 Å². The summed E-state index contributed by atoms with van der Waals surface area (Å²) in [7, 11) is -18.7. The van der Waals surface area contributed by atoms with Crippen molar-refractivity contribution in [3.63, 3.8) is 0 Å². The third kappa shape index (κ3) is 31.2. The van der Waals surface area contributed by atoms with Gasteiger partial charge in [0.15, 0.2) is 20.2 Å². The monoisotopic (exact) mass is 2020 g/mol. The van der Waals surface area contributed by atoms with Gasteiger partial charge in [-0.15, -0.1) is 61.9 Å². The molecule has 0 unspecified atom stereocenters. The van der Waals surface area contributed by atoms with E-state index in [1.165, 1.54) is 0 Å². The molecule has 694 valence electrons. The first-order valence-corrected chi connectivity index (χ1v) is 44.7. The fraction of sp³-hybridized carbons (Fsp3) is 0. The number of hydrogen-bond donors (Lipinski definition) is 0. The molecule has 0 saturated carbocycles. The minimum absolute atomic E-state index is 0. The van der Waals surface area contributed by atoms with Crippen molar-refractivity contribution < 1.29 is 108 Å². The number of rotatable bonds is 8. The minimum atomic E-state index is -4.67. The Morgan fingerprint density at radius 1 is 0.164 bits per heavy atom. The van der Waals surface area contributed by atoms with Gasteiger partial charge in [-0.1, -0.05) is 472 Å². The number of hydrogen-bond acceptors (Lipinski definition) is 32. The minimum Gasteiger partial charge on any atom is -0.509 e. The number of allylic oxidation sites excluding steroid dienone is 4. The van der Waals surface area contributed by atoms with Gasteiger partial charge in [0.2, 0.25) is 0 Å². The number of benzene rings is 13. The van der Waals surface area contributed by atoms with E-state index in [-0.39, 0.29) is 120 Å². The average Bonchev–Trinajstić information content (AvgIpc) is 0.794. The summed E-state index contributed by atoms with van der Waals surface area (Å²) in [5.41, 5.74) is 0.853. The first-order valence-electron chi connectivity index (χ1n) is 41.4. The van der Waals surface area contributed by atoms with Crippen molar-refractivity contribution in [1.82, 2.24) is 0 Å². The molecule has 21 rings (SSSR count). The Balaban J connectivity index is 0.000000202. The second kappa shape index (κ2) is 54.8. The number of thioether (sulfide) groups is 4. The molecule has 0 aromatic heterocycles. The predicted molar refractivity (Wildman–Crippen MR) is 533 cm³/mol. The van der Waals surface area contributed by atoms with Gasteiger partial charge in [0.05, 0.1) is 0 Å². The molecule has 0 amide bonds. The van der Waals surface area contributed by atoms with E-state index in [1.54, 1.807) is 243 Å². The zero-order chi connectivity index (χ0) is 96.0. The zero-order valence-electron chi connectivity index (χ0n) is 72.6. The molecular weight excluding hydrogens is 1950 g/mol. The average molecular weight is 2020 g/mol. The molecule has 13 aromatic carbocycles. The van der Waals surface area contributed by atoms with Gasteiger partial charge >= 0.3 is 62.3 Å². The number of fused-ring (bicyclic) bond motifs is 16. The molecule has 4 bridgehead atoms. The van der Waals surface area contributed by atoms with E-state index in [4.69, 9.17) is 57.1 Å². The second-order valence-electron chi connectivity index (χ2n) is 27.5. The summed E-state index contributed by atoms with van der Waals surface area (Å²) in [6, 6.07) is 133. The fourth-order valence-electron chi connectivity index (χ4n) is 11.4. The molecule has 8 heterocycles. The Hall–Kier alpha value is -16.6. The number of nitriles is 4. The molecule has 0 fully saturated rings. The number of oxime groups is 12. The van der Waals surface area contributed by atoms with Crippen LogP contribution in [0.4, 0.5) is 17.3 Å². The van der Waals surface area contributed by atoms with Gasteiger partial charge in [0, 0.05) is 44.5 Å². The third-order valence-corrected chi connectivity index (χ3v) is 22.2. The van der Waals surface area contributed by atoms with Crippen LogP contribution in [0.3, 0.4) is 0 Å². The van der Waals surface area contributed by atoms with Crippen LogP contribution in [0.1, 0.15) is 44.5 Å². The normalized spacial score (nSPS) is 22.7. The molecule has 0 atom stereocenters. The quantitative estimate of drug-likeness (QED) is 0.101. The Bertz CT molecular complexity index is 5640. The van der Waals surface area contributed by atoms with E-state index in [2.05, 4.69) is 61.9 Å². The van der Waals surface area contributed by atoms with Crippen LogP contribution in [-0.2, 0) is 91.2 Å². The maximum absolute atomic E-state index is 17.2. The number of halogens is 4. The van der Waals surface area contributed by atoms with E-state index < -0.39 is 28.1 Å². The van der Waals surface area contributed by atoms with Crippen molar-refractivity contribution in [3.05, 3.63) is 489 Å². The van der Waals surface area contributed by atoms with Crippen LogP contribution < -0.4 is 0 Å². The molecule has 8 aliphatic heterocycles. The van der Waals surface area contributed by atoms with Gasteiger partial charge in [-0.2, -0.15) is 21.0 Å². The van der Waals surface area contributed by atoms with Crippen LogP contribution in [0, 0.1) is 45.3 Å². The molecule has 0 aliphatic carbocycles. The summed E-state index contributed by atoms with van der Waals surface area (Å²) in [6.45, 7) is 0. The summed E-state index contributed by atoms with van der Waals surface area (Å²) in [6.07, 6.45) is 0. The third-order valence-electron chi connectivity index (χ3n) is 17.8. The molecule has 42 heteroatoms. The summed E-state index contributed by atoms with van der Waals surface area (Å²) in [4.78, 5) is -0.621. The maximum atomic E-state index is 17.2. The standard InChI is InChI=1S/2C34H20B2F2N8O6S2.5C6H6.2Fe/c2*37-35-47-41-29(23-13-5-1-6-14-23)30(24-15-7-2-8-16-24)42-48-36(38,52-46-34-33(45-51-35)53-27(21-39)28(22-40)54-34)50-44-32(26-19-11-4-12-20-26)31(43-49-35)25-17-9-3-10-18-25;5*1-2-4-6-5-3-1;;/h2*1-20H;5*1-6H;;/q2*-2;;;;;;2*+2/b2*41-29+,42-30+,43-31+,44-32+,45-33-,46-34-;;;;;;;. The maximum Gasteiger partial charge on any atom is 2.00 e. The Labute approximate surface area is 839 Å². The summed E-state index contributed by atoms with van der Waals surface area (Å²) >= 11 is 2.17. The van der Waals surface area contributed by atoms with Crippen molar-refractivity contribution >= 4 is 141 Å². The van der Waals surface area contributed by atoms with Crippen LogP contribution >= 0.6 is 47.0 Å². The Morgan fingerprint density at radius 3 is 0.357 bits per heavy atom. The predicted octanol–water partition coefficient (Wildman–Crippen LogP) is 22.2.